The fourth-order valence-corrected chi connectivity index (χ4v) is 3.12. The van der Waals surface area contributed by atoms with E-state index < -0.39 is 5.97 Å². The number of rotatable bonds is 7. The van der Waals surface area contributed by atoms with Crippen LogP contribution in [0.3, 0.4) is 0 Å². The Hall–Kier alpha value is -2.59. The summed E-state index contributed by atoms with van der Waals surface area (Å²) in [5.74, 6) is 0.0372. The first kappa shape index (κ1) is 18.2. The summed E-state index contributed by atoms with van der Waals surface area (Å²) in [7, 11) is 0. The van der Waals surface area contributed by atoms with Crippen molar-refractivity contribution in [1.82, 2.24) is 4.90 Å². The summed E-state index contributed by atoms with van der Waals surface area (Å²) in [5.41, 5.74) is 2.29. The van der Waals surface area contributed by atoms with E-state index in [0.29, 0.717) is 6.61 Å². The van der Waals surface area contributed by atoms with E-state index in [1.54, 1.807) is 0 Å². The standard InChI is InChI=1S/C22H25NO3/c24-22(25)20-12-15-23(16-13-20)14-4-7-18-8-10-21(11-9-18)26-17-19-5-2-1-3-6-19/h1-11,20H,12-17H2,(H,24,25)/b7-4+. The van der Waals surface area contributed by atoms with Gasteiger partial charge in [0.15, 0.2) is 0 Å². The number of ether oxygens (including phenoxy) is 1. The van der Waals surface area contributed by atoms with Crippen LogP contribution in [0.25, 0.3) is 6.08 Å². The number of carbonyl (C=O) groups is 1. The van der Waals surface area contributed by atoms with Crippen molar-refractivity contribution in [1.29, 1.82) is 0 Å². The molecule has 0 aromatic heterocycles. The molecule has 0 amide bonds. The van der Waals surface area contributed by atoms with Crippen LogP contribution in [0.5, 0.6) is 5.75 Å². The van der Waals surface area contributed by atoms with Crippen molar-refractivity contribution < 1.29 is 14.6 Å². The van der Waals surface area contributed by atoms with Crippen molar-refractivity contribution in [3.8, 4) is 5.75 Å². The molecule has 3 rings (SSSR count). The molecule has 4 nitrogen and oxygen atoms in total. The highest BCUT2D eigenvalue weighted by Crippen LogP contribution is 2.18. The Bertz CT molecular complexity index is 717. The van der Waals surface area contributed by atoms with Gasteiger partial charge in [0.25, 0.3) is 0 Å². The van der Waals surface area contributed by atoms with Gasteiger partial charge in [0.2, 0.25) is 0 Å². The third kappa shape index (κ3) is 5.46. The van der Waals surface area contributed by atoms with Crippen LogP contribution >= 0.6 is 0 Å². The van der Waals surface area contributed by atoms with Crippen LogP contribution < -0.4 is 4.74 Å². The number of piperidine rings is 1. The Kier molecular flexibility index (Phi) is 6.45. The van der Waals surface area contributed by atoms with Crippen LogP contribution in [0, 0.1) is 5.92 Å². The fourth-order valence-electron chi connectivity index (χ4n) is 3.12. The number of benzene rings is 2. The summed E-state index contributed by atoms with van der Waals surface area (Å²) < 4.78 is 5.80. The van der Waals surface area contributed by atoms with Crippen molar-refractivity contribution in [3.63, 3.8) is 0 Å². The third-order valence-corrected chi connectivity index (χ3v) is 4.74. The van der Waals surface area contributed by atoms with Crippen molar-refractivity contribution in [2.24, 2.45) is 5.92 Å². The molecule has 2 aromatic rings. The van der Waals surface area contributed by atoms with Gasteiger partial charge in [0.1, 0.15) is 12.4 Å². The lowest BCUT2D eigenvalue weighted by atomic mass is 9.97. The van der Waals surface area contributed by atoms with Crippen LogP contribution in [-0.2, 0) is 11.4 Å². The van der Waals surface area contributed by atoms with Gasteiger partial charge in [-0.15, -0.1) is 0 Å². The molecule has 1 heterocycles. The lowest BCUT2D eigenvalue weighted by molar-refractivity contribution is -0.143. The normalized spacial score (nSPS) is 16.0. The van der Waals surface area contributed by atoms with Crippen LogP contribution in [0.1, 0.15) is 24.0 Å². The van der Waals surface area contributed by atoms with Gasteiger partial charge in [-0.05, 0) is 49.2 Å². The van der Waals surface area contributed by atoms with Crippen molar-refractivity contribution in [2.75, 3.05) is 19.6 Å². The number of likely N-dealkylation sites (tertiary alicyclic amines) is 1. The maximum Gasteiger partial charge on any atom is 0.306 e. The van der Waals surface area contributed by atoms with Gasteiger partial charge < -0.3 is 9.84 Å². The first-order valence-corrected chi connectivity index (χ1v) is 9.09. The maximum absolute atomic E-state index is 11.0. The van der Waals surface area contributed by atoms with E-state index in [1.807, 2.05) is 42.5 Å². The van der Waals surface area contributed by atoms with Crippen LogP contribution in [0.15, 0.2) is 60.7 Å². The minimum absolute atomic E-state index is 0.168. The van der Waals surface area contributed by atoms with Crippen molar-refractivity contribution >= 4 is 12.0 Å². The molecule has 0 aliphatic carbocycles. The molecule has 1 saturated heterocycles. The molecule has 0 radical (unpaired) electrons. The van der Waals surface area contributed by atoms with E-state index in [9.17, 15) is 4.79 Å². The topological polar surface area (TPSA) is 49.8 Å². The zero-order valence-electron chi connectivity index (χ0n) is 14.9. The summed E-state index contributed by atoms with van der Waals surface area (Å²) in [5, 5.41) is 9.03. The van der Waals surface area contributed by atoms with Gasteiger partial charge in [-0.3, -0.25) is 9.69 Å². The number of aliphatic carboxylic acids is 1. The molecule has 0 atom stereocenters. The van der Waals surface area contributed by atoms with Gasteiger partial charge in [-0.1, -0.05) is 54.6 Å². The van der Waals surface area contributed by atoms with Gasteiger partial charge in [0, 0.05) is 6.54 Å². The van der Waals surface area contributed by atoms with E-state index in [-0.39, 0.29) is 5.92 Å². The molecule has 26 heavy (non-hydrogen) atoms. The summed E-state index contributed by atoms with van der Waals surface area (Å²) in [6.07, 6.45) is 5.73. The summed E-state index contributed by atoms with van der Waals surface area (Å²) in [6.45, 7) is 3.14. The SMILES string of the molecule is O=C(O)C1CCN(C/C=C/c2ccc(OCc3ccccc3)cc2)CC1. The molecule has 1 N–H and O–H groups in total. The van der Waals surface area contributed by atoms with Crippen molar-refractivity contribution in [3.05, 3.63) is 71.8 Å². The highest BCUT2D eigenvalue weighted by molar-refractivity contribution is 5.70. The fraction of sp³-hybridized carbons (Fsp3) is 0.318. The smallest absolute Gasteiger partial charge is 0.306 e. The summed E-state index contributed by atoms with van der Waals surface area (Å²) >= 11 is 0. The molecule has 4 heteroatoms. The van der Waals surface area contributed by atoms with Gasteiger partial charge >= 0.3 is 5.97 Å². The molecule has 2 aromatic carbocycles. The molecular weight excluding hydrogens is 326 g/mol. The Balaban J connectivity index is 1.42. The number of nitrogens with zero attached hydrogens (tertiary/aromatic N) is 1. The second-order valence-electron chi connectivity index (χ2n) is 6.66. The average molecular weight is 351 g/mol. The predicted octanol–water partition coefficient (Wildman–Crippen LogP) is 4.08. The van der Waals surface area contributed by atoms with Gasteiger partial charge in [0.05, 0.1) is 5.92 Å². The lowest BCUT2D eigenvalue weighted by Crippen LogP contribution is -2.36. The second-order valence-corrected chi connectivity index (χ2v) is 6.66. The van der Waals surface area contributed by atoms with Gasteiger partial charge in [-0.25, -0.2) is 0 Å². The number of hydrogen-bond acceptors (Lipinski definition) is 3. The Labute approximate surface area is 154 Å². The van der Waals surface area contributed by atoms with Crippen molar-refractivity contribution in [2.45, 2.75) is 19.4 Å². The molecular formula is C22H25NO3. The zero-order chi connectivity index (χ0) is 18.2. The highest BCUT2D eigenvalue weighted by atomic mass is 16.5. The first-order chi connectivity index (χ1) is 12.7. The molecule has 1 aliphatic rings. The Morgan fingerprint density at radius 2 is 1.77 bits per heavy atom. The molecule has 0 saturated carbocycles. The van der Waals surface area contributed by atoms with E-state index in [4.69, 9.17) is 9.84 Å². The second kappa shape index (κ2) is 9.20. The van der Waals surface area contributed by atoms with E-state index in [0.717, 1.165) is 49.4 Å². The third-order valence-electron chi connectivity index (χ3n) is 4.74. The minimum Gasteiger partial charge on any atom is -0.489 e. The molecule has 0 bridgehead atoms. The largest absolute Gasteiger partial charge is 0.489 e. The first-order valence-electron chi connectivity index (χ1n) is 9.09. The zero-order valence-corrected chi connectivity index (χ0v) is 14.9. The van der Waals surface area contributed by atoms with Crippen LogP contribution in [0.2, 0.25) is 0 Å². The number of hydrogen-bond donors (Lipinski definition) is 1. The highest BCUT2D eigenvalue weighted by Gasteiger charge is 2.23. The monoisotopic (exact) mass is 351 g/mol. The average Bonchev–Trinajstić information content (AvgIpc) is 2.68. The van der Waals surface area contributed by atoms with Gasteiger partial charge in [-0.2, -0.15) is 0 Å². The molecule has 136 valence electrons. The number of carboxylic acids is 1. The number of carboxylic acid groups (broad SMARTS) is 1. The van der Waals surface area contributed by atoms with Crippen LogP contribution in [-0.4, -0.2) is 35.6 Å². The van der Waals surface area contributed by atoms with E-state index in [2.05, 4.69) is 29.2 Å². The molecule has 0 spiro atoms. The van der Waals surface area contributed by atoms with E-state index in [1.165, 1.54) is 0 Å². The molecule has 1 fully saturated rings. The summed E-state index contributed by atoms with van der Waals surface area (Å²) in [6, 6.07) is 18.2. The quantitative estimate of drug-likeness (QED) is 0.817. The van der Waals surface area contributed by atoms with Crippen LogP contribution in [0.4, 0.5) is 0 Å². The Morgan fingerprint density at radius 1 is 1.08 bits per heavy atom. The minimum atomic E-state index is -0.658. The molecule has 1 aliphatic heterocycles. The Morgan fingerprint density at radius 3 is 2.42 bits per heavy atom. The summed E-state index contributed by atoms with van der Waals surface area (Å²) in [4.78, 5) is 13.3. The lowest BCUT2D eigenvalue weighted by Gasteiger charge is -2.28. The van der Waals surface area contributed by atoms with E-state index >= 15 is 0 Å². The molecule has 0 unspecified atom stereocenters. The predicted molar refractivity (Wildman–Crippen MR) is 103 cm³/mol. The maximum atomic E-state index is 11.0.